The zero-order valence-electron chi connectivity index (χ0n) is 10.8. The SMILES string of the molecule is COc1cc2c(cc1OC)C1=[N+](CCC1)CC2.[Br-]. The first-order valence-corrected chi connectivity index (χ1v) is 6.19. The lowest BCUT2D eigenvalue weighted by Gasteiger charge is -2.17. The number of hydrogen-bond acceptors (Lipinski definition) is 2. The summed E-state index contributed by atoms with van der Waals surface area (Å²) in [5, 5.41) is 0. The van der Waals surface area contributed by atoms with E-state index < -0.39 is 0 Å². The van der Waals surface area contributed by atoms with Gasteiger partial charge in [0.2, 0.25) is 0 Å². The third kappa shape index (κ3) is 2.03. The van der Waals surface area contributed by atoms with Gasteiger partial charge < -0.3 is 26.5 Å². The highest BCUT2D eigenvalue weighted by Gasteiger charge is 2.30. The molecule has 0 saturated carbocycles. The zero-order valence-corrected chi connectivity index (χ0v) is 12.4. The number of rotatable bonds is 2. The Morgan fingerprint density at radius 3 is 2.44 bits per heavy atom. The van der Waals surface area contributed by atoms with Crippen molar-refractivity contribution in [2.45, 2.75) is 19.3 Å². The van der Waals surface area contributed by atoms with Crippen molar-refractivity contribution < 1.29 is 31.0 Å². The van der Waals surface area contributed by atoms with E-state index in [1.54, 1.807) is 14.2 Å². The maximum absolute atomic E-state index is 5.39. The second-order valence-corrected chi connectivity index (χ2v) is 4.65. The van der Waals surface area contributed by atoms with Crippen LogP contribution in [-0.2, 0) is 6.42 Å². The predicted molar refractivity (Wildman–Crippen MR) is 66.6 cm³/mol. The highest BCUT2D eigenvalue weighted by Crippen LogP contribution is 2.33. The number of ether oxygens (including phenoxy) is 2. The molecule has 3 rings (SSSR count). The molecular formula is C14H18BrNO2. The van der Waals surface area contributed by atoms with Gasteiger partial charge in [-0.15, -0.1) is 0 Å². The van der Waals surface area contributed by atoms with Crippen LogP contribution in [0.2, 0.25) is 0 Å². The van der Waals surface area contributed by atoms with Gasteiger partial charge in [-0.1, -0.05) is 0 Å². The maximum atomic E-state index is 5.39. The van der Waals surface area contributed by atoms with E-state index in [0.29, 0.717) is 0 Å². The van der Waals surface area contributed by atoms with Gasteiger partial charge in [0.05, 0.1) is 14.2 Å². The van der Waals surface area contributed by atoms with Crippen molar-refractivity contribution in [3.05, 3.63) is 23.3 Å². The Labute approximate surface area is 118 Å². The molecule has 2 heterocycles. The van der Waals surface area contributed by atoms with Crippen molar-refractivity contribution in [2.75, 3.05) is 27.3 Å². The number of fused-ring (bicyclic) bond motifs is 2. The summed E-state index contributed by atoms with van der Waals surface area (Å²) in [6, 6.07) is 4.28. The van der Waals surface area contributed by atoms with Gasteiger partial charge in [0.1, 0.15) is 13.1 Å². The predicted octanol–water partition coefficient (Wildman–Crippen LogP) is -1.14. The molecule has 98 valence electrons. The molecule has 0 saturated heterocycles. The highest BCUT2D eigenvalue weighted by molar-refractivity contribution is 6.00. The molecule has 0 unspecified atom stereocenters. The number of methoxy groups -OCH3 is 2. The van der Waals surface area contributed by atoms with Crippen molar-refractivity contribution in [3.8, 4) is 11.5 Å². The van der Waals surface area contributed by atoms with Crippen molar-refractivity contribution >= 4 is 5.71 Å². The van der Waals surface area contributed by atoms with Crippen molar-refractivity contribution in [1.29, 1.82) is 0 Å². The van der Waals surface area contributed by atoms with Crippen LogP contribution in [0.4, 0.5) is 0 Å². The first-order chi connectivity index (χ1) is 8.33. The fourth-order valence-corrected chi connectivity index (χ4v) is 2.93. The van der Waals surface area contributed by atoms with E-state index in [2.05, 4.69) is 16.7 Å². The third-order valence-corrected chi connectivity index (χ3v) is 3.79. The van der Waals surface area contributed by atoms with Crippen LogP contribution in [0, 0.1) is 0 Å². The molecule has 0 aromatic heterocycles. The minimum atomic E-state index is 0. The molecular weight excluding hydrogens is 294 g/mol. The molecule has 0 bridgehead atoms. The summed E-state index contributed by atoms with van der Waals surface area (Å²) in [7, 11) is 3.40. The number of benzene rings is 1. The van der Waals surface area contributed by atoms with Gasteiger partial charge in [-0.2, -0.15) is 0 Å². The Balaban J connectivity index is 0.00000120. The van der Waals surface area contributed by atoms with Crippen LogP contribution in [0.3, 0.4) is 0 Å². The summed E-state index contributed by atoms with van der Waals surface area (Å²) < 4.78 is 13.3. The molecule has 2 aliphatic heterocycles. The van der Waals surface area contributed by atoms with E-state index >= 15 is 0 Å². The van der Waals surface area contributed by atoms with E-state index in [0.717, 1.165) is 24.5 Å². The monoisotopic (exact) mass is 311 g/mol. The Morgan fingerprint density at radius 2 is 1.72 bits per heavy atom. The van der Waals surface area contributed by atoms with E-state index in [1.165, 1.54) is 36.2 Å². The molecule has 18 heavy (non-hydrogen) atoms. The van der Waals surface area contributed by atoms with Crippen LogP contribution in [0.1, 0.15) is 24.0 Å². The van der Waals surface area contributed by atoms with Crippen LogP contribution in [-0.4, -0.2) is 37.6 Å². The van der Waals surface area contributed by atoms with Crippen molar-refractivity contribution in [1.82, 2.24) is 0 Å². The van der Waals surface area contributed by atoms with Crippen LogP contribution in [0.15, 0.2) is 12.1 Å². The van der Waals surface area contributed by atoms with Gasteiger partial charge in [-0.3, -0.25) is 0 Å². The first kappa shape index (κ1) is 13.4. The Morgan fingerprint density at radius 1 is 1.00 bits per heavy atom. The summed E-state index contributed by atoms with van der Waals surface area (Å²) in [5.74, 6) is 1.69. The molecule has 0 aliphatic carbocycles. The summed E-state index contributed by atoms with van der Waals surface area (Å²) in [5.41, 5.74) is 4.26. The summed E-state index contributed by atoms with van der Waals surface area (Å²) in [6.07, 6.45) is 3.59. The van der Waals surface area contributed by atoms with Crippen LogP contribution in [0.5, 0.6) is 11.5 Å². The quantitative estimate of drug-likeness (QED) is 0.644. The second kappa shape index (κ2) is 5.31. The third-order valence-electron chi connectivity index (χ3n) is 3.79. The molecule has 1 aromatic carbocycles. The van der Waals surface area contributed by atoms with Gasteiger partial charge in [0.15, 0.2) is 17.2 Å². The average molecular weight is 312 g/mol. The number of hydrogen-bond donors (Lipinski definition) is 0. The Bertz CT molecular complexity index is 497. The summed E-state index contributed by atoms with van der Waals surface area (Å²) in [4.78, 5) is 0. The highest BCUT2D eigenvalue weighted by atomic mass is 79.9. The minimum Gasteiger partial charge on any atom is -1.00 e. The van der Waals surface area contributed by atoms with E-state index in [4.69, 9.17) is 9.47 Å². The molecule has 0 fully saturated rings. The standard InChI is InChI=1S/C14H18NO2.BrH/c1-16-13-8-10-5-7-15-6-3-4-12(15)11(10)9-14(13)17-2;/h8-9H,3-7H2,1-2H3;1H/q+1;/p-1. The molecule has 0 spiro atoms. The second-order valence-electron chi connectivity index (χ2n) is 4.65. The van der Waals surface area contributed by atoms with Gasteiger partial charge in [-0.05, 0) is 17.7 Å². The lowest BCUT2D eigenvalue weighted by Crippen LogP contribution is -3.00. The van der Waals surface area contributed by atoms with Gasteiger partial charge in [0.25, 0.3) is 0 Å². The van der Waals surface area contributed by atoms with Gasteiger partial charge in [-0.25, -0.2) is 4.58 Å². The molecule has 0 radical (unpaired) electrons. The maximum Gasteiger partial charge on any atom is 0.183 e. The molecule has 0 N–H and O–H groups in total. The van der Waals surface area contributed by atoms with E-state index in [-0.39, 0.29) is 17.0 Å². The van der Waals surface area contributed by atoms with Gasteiger partial charge >= 0.3 is 0 Å². The smallest absolute Gasteiger partial charge is 0.183 e. The largest absolute Gasteiger partial charge is 1.00 e. The molecule has 2 aliphatic rings. The van der Waals surface area contributed by atoms with Crippen LogP contribution >= 0.6 is 0 Å². The zero-order chi connectivity index (χ0) is 11.8. The molecule has 4 heteroatoms. The molecule has 3 nitrogen and oxygen atoms in total. The molecule has 1 aromatic rings. The molecule has 0 amide bonds. The summed E-state index contributed by atoms with van der Waals surface area (Å²) in [6.45, 7) is 2.36. The number of nitrogens with zero attached hydrogens (tertiary/aromatic N) is 1. The topological polar surface area (TPSA) is 21.5 Å². The van der Waals surface area contributed by atoms with Crippen molar-refractivity contribution in [2.24, 2.45) is 0 Å². The van der Waals surface area contributed by atoms with E-state index in [9.17, 15) is 0 Å². The Kier molecular flexibility index (Phi) is 3.95. The van der Waals surface area contributed by atoms with Crippen molar-refractivity contribution in [3.63, 3.8) is 0 Å². The minimum absolute atomic E-state index is 0. The lowest BCUT2D eigenvalue weighted by molar-refractivity contribution is -0.520. The van der Waals surface area contributed by atoms with Crippen LogP contribution < -0.4 is 26.5 Å². The number of halogens is 1. The normalized spacial score (nSPS) is 16.8. The lowest BCUT2D eigenvalue weighted by atomic mass is 9.95. The van der Waals surface area contributed by atoms with E-state index in [1.807, 2.05) is 0 Å². The Hall–Kier alpha value is -1.03. The molecule has 0 atom stereocenters. The summed E-state index contributed by atoms with van der Waals surface area (Å²) >= 11 is 0. The van der Waals surface area contributed by atoms with Crippen LogP contribution in [0.25, 0.3) is 0 Å². The average Bonchev–Trinajstić information content (AvgIpc) is 2.85. The first-order valence-electron chi connectivity index (χ1n) is 6.19. The fraction of sp³-hybridized carbons (Fsp3) is 0.500. The van der Waals surface area contributed by atoms with Gasteiger partial charge in [0, 0.05) is 24.8 Å². The fourth-order valence-electron chi connectivity index (χ4n) is 2.93.